The molecule has 6 heteroatoms. The molecule has 1 aromatic carbocycles. The smallest absolute Gasteiger partial charge is 0.289 e. The molecule has 2 aliphatic heterocycles. The highest BCUT2D eigenvalue weighted by molar-refractivity contribution is 5.98. The number of likely N-dealkylation sites (tertiary alicyclic amines) is 2. The normalized spacial score (nSPS) is 21.7. The first-order chi connectivity index (χ1) is 15.5. The summed E-state index contributed by atoms with van der Waals surface area (Å²) >= 11 is 0. The summed E-state index contributed by atoms with van der Waals surface area (Å²) < 4.78 is 5.88. The fourth-order valence-corrected chi connectivity index (χ4v) is 5.31. The lowest BCUT2D eigenvalue weighted by Gasteiger charge is -2.44. The van der Waals surface area contributed by atoms with Crippen molar-refractivity contribution in [2.75, 3.05) is 26.2 Å². The molecule has 3 aromatic rings. The van der Waals surface area contributed by atoms with Gasteiger partial charge in [-0.05, 0) is 56.8 Å². The number of benzene rings is 1. The molecule has 0 spiro atoms. The molecule has 2 aromatic heterocycles. The molecule has 0 radical (unpaired) electrons. The van der Waals surface area contributed by atoms with E-state index in [9.17, 15) is 9.90 Å². The molecule has 0 saturated carbocycles. The van der Waals surface area contributed by atoms with Gasteiger partial charge in [-0.1, -0.05) is 30.7 Å². The highest BCUT2D eigenvalue weighted by Gasteiger charge is 2.38. The largest absolute Gasteiger partial charge is 0.451 e. The Balaban J connectivity index is 1.26. The van der Waals surface area contributed by atoms with Crippen LogP contribution in [-0.2, 0) is 0 Å². The van der Waals surface area contributed by atoms with Gasteiger partial charge < -0.3 is 14.4 Å². The zero-order chi connectivity index (χ0) is 22.1. The van der Waals surface area contributed by atoms with Gasteiger partial charge in [-0.15, -0.1) is 0 Å². The van der Waals surface area contributed by atoms with Crippen molar-refractivity contribution in [1.82, 2.24) is 14.8 Å². The number of hydrogen-bond donors (Lipinski definition) is 1. The molecule has 0 unspecified atom stereocenters. The van der Waals surface area contributed by atoms with Gasteiger partial charge in [0.25, 0.3) is 5.91 Å². The van der Waals surface area contributed by atoms with Crippen LogP contribution in [0.4, 0.5) is 0 Å². The van der Waals surface area contributed by atoms with Crippen LogP contribution in [0.5, 0.6) is 0 Å². The number of aryl methyl sites for hydroxylation is 1. The number of β-amino-alcohol motifs (C(OH)–C–C–N with tert-alkyl or cyclic N) is 1. The van der Waals surface area contributed by atoms with Gasteiger partial charge in [0.05, 0.1) is 5.60 Å². The molecule has 1 N–H and O–H groups in total. The molecule has 0 bridgehead atoms. The van der Waals surface area contributed by atoms with E-state index in [2.05, 4.69) is 16.0 Å². The first-order valence-electron chi connectivity index (χ1n) is 11.7. The number of carbonyl (C=O) groups is 1. The number of hydrogen-bond acceptors (Lipinski definition) is 5. The summed E-state index contributed by atoms with van der Waals surface area (Å²) in [6, 6.07) is 12.2. The predicted octanol–water partition coefficient (Wildman–Crippen LogP) is 4.33. The second-order valence-electron chi connectivity index (χ2n) is 9.34. The van der Waals surface area contributed by atoms with Gasteiger partial charge in [0.2, 0.25) is 0 Å². The fourth-order valence-electron chi connectivity index (χ4n) is 5.31. The van der Waals surface area contributed by atoms with Crippen LogP contribution in [0, 0.1) is 6.92 Å². The first-order valence-corrected chi connectivity index (χ1v) is 11.7. The standard InChI is InChI=1S/C26H31N3O3/c1-19-21-8-2-3-10-23(21)32-24(19)25(30)28-15-11-26(31,12-16-28)18-29-14-5-4-9-22(29)20-7-6-13-27-17-20/h2-3,6-8,10,13,17,22,31H,4-5,9,11-12,14-16,18H2,1H3/t22-/m0/s1. The molecule has 2 fully saturated rings. The van der Waals surface area contributed by atoms with Crippen LogP contribution in [0.15, 0.2) is 53.2 Å². The molecule has 1 amide bonds. The van der Waals surface area contributed by atoms with Crippen LogP contribution in [0.25, 0.3) is 11.0 Å². The van der Waals surface area contributed by atoms with E-state index in [1.54, 1.807) is 6.20 Å². The maximum atomic E-state index is 13.2. The van der Waals surface area contributed by atoms with Crippen molar-refractivity contribution in [1.29, 1.82) is 0 Å². The SMILES string of the molecule is Cc1c(C(=O)N2CCC(O)(CN3CCCC[C@H]3c3cccnc3)CC2)oc2ccccc12. The van der Waals surface area contributed by atoms with Crippen molar-refractivity contribution in [2.45, 2.75) is 50.7 Å². The van der Waals surface area contributed by atoms with Crippen LogP contribution < -0.4 is 0 Å². The summed E-state index contributed by atoms with van der Waals surface area (Å²) in [6.07, 6.45) is 8.36. The summed E-state index contributed by atoms with van der Waals surface area (Å²) in [4.78, 5) is 21.7. The summed E-state index contributed by atoms with van der Waals surface area (Å²) in [7, 11) is 0. The molecule has 4 heterocycles. The third-order valence-corrected chi connectivity index (χ3v) is 7.20. The van der Waals surface area contributed by atoms with Gasteiger partial charge in [0.1, 0.15) is 5.58 Å². The van der Waals surface area contributed by atoms with Crippen LogP contribution >= 0.6 is 0 Å². The highest BCUT2D eigenvalue weighted by atomic mass is 16.3. The number of para-hydroxylation sites is 1. The van der Waals surface area contributed by atoms with Crippen molar-refractivity contribution >= 4 is 16.9 Å². The number of rotatable bonds is 4. The minimum Gasteiger partial charge on any atom is -0.451 e. The Bertz CT molecular complexity index is 1090. The summed E-state index contributed by atoms with van der Waals surface area (Å²) in [5.41, 5.74) is 2.08. The lowest BCUT2D eigenvalue weighted by Crippen LogP contribution is -2.53. The minimum atomic E-state index is -0.780. The number of carbonyl (C=O) groups excluding carboxylic acids is 1. The number of nitrogens with zero attached hydrogens (tertiary/aromatic N) is 3. The average Bonchev–Trinajstić information content (AvgIpc) is 3.16. The number of amides is 1. The van der Waals surface area contributed by atoms with E-state index >= 15 is 0 Å². The zero-order valence-electron chi connectivity index (χ0n) is 18.7. The molecule has 6 nitrogen and oxygen atoms in total. The molecule has 0 aliphatic carbocycles. The Morgan fingerprint density at radius 3 is 2.72 bits per heavy atom. The van der Waals surface area contributed by atoms with E-state index in [0.717, 1.165) is 35.9 Å². The maximum Gasteiger partial charge on any atom is 0.289 e. The Hall–Kier alpha value is -2.70. The average molecular weight is 434 g/mol. The lowest BCUT2D eigenvalue weighted by molar-refractivity contribution is -0.0543. The van der Waals surface area contributed by atoms with E-state index in [1.165, 1.54) is 12.0 Å². The third-order valence-electron chi connectivity index (χ3n) is 7.20. The van der Waals surface area contributed by atoms with E-state index < -0.39 is 5.60 Å². The molecule has 1 atom stereocenters. The Morgan fingerprint density at radius 1 is 1.16 bits per heavy atom. The van der Waals surface area contributed by atoms with E-state index in [4.69, 9.17) is 4.42 Å². The van der Waals surface area contributed by atoms with E-state index in [1.807, 2.05) is 48.4 Å². The van der Waals surface area contributed by atoms with E-state index in [0.29, 0.717) is 44.3 Å². The molecule has 32 heavy (non-hydrogen) atoms. The second kappa shape index (κ2) is 8.68. The molecule has 2 aliphatic rings. The number of pyridine rings is 1. The minimum absolute atomic E-state index is 0.0769. The number of furan rings is 1. The highest BCUT2D eigenvalue weighted by Crippen LogP contribution is 2.34. The molecule has 5 rings (SSSR count). The number of fused-ring (bicyclic) bond motifs is 1. The second-order valence-corrected chi connectivity index (χ2v) is 9.34. The maximum absolute atomic E-state index is 13.2. The number of piperidine rings is 2. The van der Waals surface area contributed by atoms with Crippen LogP contribution in [0.1, 0.15) is 59.8 Å². The number of aromatic nitrogens is 1. The summed E-state index contributed by atoms with van der Waals surface area (Å²) in [5.74, 6) is 0.344. The van der Waals surface area contributed by atoms with Crippen LogP contribution in [-0.4, -0.2) is 57.6 Å². The quantitative estimate of drug-likeness (QED) is 0.663. The van der Waals surface area contributed by atoms with Crippen molar-refractivity contribution in [3.05, 3.63) is 65.7 Å². The van der Waals surface area contributed by atoms with Gasteiger partial charge in [0, 0.05) is 49.0 Å². The summed E-state index contributed by atoms with van der Waals surface area (Å²) in [5, 5.41) is 12.4. The molecule has 168 valence electrons. The molecule has 2 saturated heterocycles. The summed E-state index contributed by atoms with van der Waals surface area (Å²) in [6.45, 7) is 4.64. The topological polar surface area (TPSA) is 69.8 Å². The van der Waals surface area contributed by atoms with Crippen molar-refractivity contribution < 1.29 is 14.3 Å². The Labute approximate surface area is 188 Å². The molecular formula is C26H31N3O3. The zero-order valence-corrected chi connectivity index (χ0v) is 18.7. The first kappa shape index (κ1) is 21.2. The van der Waals surface area contributed by atoms with Crippen LogP contribution in [0.3, 0.4) is 0 Å². The fraction of sp³-hybridized carbons (Fsp3) is 0.462. The molecular weight excluding hydrogens is 402 g/mol. The van der Waals surface area contributed by atoms with Gasteiger partial charge in [0.15, 0.2) is 5.76 Å². The van der Waals surface area contributed by atoms with Crippen molar-refractivity contribution in [2.24, 2.45) is 0 Å². The van der Waals surface area contributed by atoms with Gasteiger partial charge in [-0.2, -0.15) is 0 Å². The predicted molar refractivity (Wildman–Crippen MR) is 123 cm³/mol. The monoisotopic (exact) mass is 433 g/mol. The van der Waals surface area contributed by atoms with Gasteiger partial charge >= 0.3 is 0 Å². The van der Waals surface area contributed by atoms with Crippen LogP contribution in [0.2, 0.25) is 0 Å². The van der Waals surface area contributed by atoms with Crippen molar-refractivity contribution in [3.8, 4) is 0 Å². The van der Waals surface area contributed by atoms with Crippen molar-refractivity contribution in [3.63, 3.8) is 0 Å². The third kappa shape index (κ3) is 4.05. The number of aliphatic hydroxyl groups is 1. The lowest BCUT2D eigenvalue weighted by atomic mass is 9.88. The Morgan fingerprint density at radius 2 is 1.97 bits per heavy atom. The van der Waals surface area contributed by atoms with Gasteiger partial charge in [-0.25, -0.2) is 0 Å². The van der Waals surface area contributed by atoms with Gasteiger partial charge in [-0.3, -0.25) is 14.7 Å². The van der Waals surface area contributed by atoms with E-state index in [-0.39, 0.29) is 5.91 Å². The Kier molecular flexibility index (Phi) is 5.74.